The minimum absolute atomic E-state index is 0.0500. The average Bonchev–Trinajstić information content (AvgIpc) is 3.40. The number of amides is 2. The van der Waals surface area contributed by atoms with Crippen molar-refractivity contribution in [1.82, 2.24) is 5.32 Å². The monoisotopic (exact) mass is 596 g/mol. The van der Waals surface area contributed by atoms with Gasteiger partial charge in [-0.2, -0.15) is 0 Å². The first-order valence-corrected chi connectivity index (χ1v) is 13.5. The smallest absolute Gasteiger partial charge is 0.253 e. The molecule has 9 heteroatoms. The van der Waals surface area contributed by atoms with Gasteiger partial charge in [-0.3, -0.25) is 9.59 Å². The van der Waals surface area contributed by atoms with Crippen molar-refractivity contribution >= 4 is 75.5 Å². The van der Waals surface area contributed by atoms with Gasteiger partial charge < -0.3 is 10.6 Å². The summed E-state index contributed by atoms with van der Waals surface area (Å²) in [5.74, 6) is -1.96. The summed E-state index contributed by atoms with van der Waals surface area (Å²) in [5.41, 5.74) is 3.53. The standard InChI is InChI=1S/C28H25Cl5N2O2/c1-27(2,3)17-6-4-15(5-7-17)14-34-25(36)21-13-20(8-9-22(21)31)35-26(37)24-23(28(24,32)33)16-10-18(29)12-19(30)11-16/h4-13,23-24H,14H2,1-3H3,(H,34,36)(H,35,37)/t23-,24+/m0/s1. The van der Waals surface area contributed by atoms with Gasteiger partial charge >= 0.3 is 0 Å². The third-order valence-corrected chi connectivity index (χ3v) is 8.04. The maximum atomic E-state index is 13.0. The Labute approximate surface area is 241 Å². The number of halogens is 5. The van der Waals surface area contributed by atoms with Crippen LogP contribution in [0.3, 0.4) is 0 Å². The lowest BCUT2D eigenvalue weighted by atomic mass is 9.87. The van der Waals surface area contributed by atoms with Gasteiger partial charge in [-0.15, -0.1) is 23.2 Å². The number of anilines is 1. The first-order valence-electron chi connectivity index (χ1n) is 11.6. The lowest BCUT2D eigenvalue weighted by Crippen LogP contribution is -2.24. The number of alkyl halides is 2. The molecule has 0 unspecified atom stereocenters. The molecule has 2 N–H and O–H groups in total. The fourth-order valence-electron chi connectivity index (χ4n) is 4.22. The molecule has 194 valence electrons. The van der Waals surface area contributed by atoms with Gasteiger partial charge in [0.2, 0.25) is 5.91 Å². The number of nitrogens with one attached hydrogen (secondary N) is 2. The molecular weight excluding hydrogens is 574 g/mol. The third-order valence-electron chi connectivity index (χ3n) is 6.33. The van der Waals surface area contributed by atoms with E-state index in [1.54, 1.807) is 30.3 Å². The SMILES string of the molecule is CC(C)(C)c1ccc(CNC(=O)c2cc(NC(=O)[C@H]3[C@H](c4cc(Cl)cc(Cl)c4)C3(Cl)Cl)ccc2Cl)cc1. The van der Waals surface area contributed by atoms with Gasteiger partial charge in [0, 0.05) is 28.2 Å². The summed E-state index contributed by atoms with van der Waals surface area (Å²) in [6.45, 7) is 6.78. The molecule has 4 nitrogen and oxygen atoms in total. The minimum atomic E-state index is -1.31. The maximum Gasteiger partial charge on any atom is 0.253 e. The van der Waals surface area contributed by atoms with Crippen LogP contribution in [0.5, 0.6) is 0 Å². The highest BCUT2D eigenvalue weighted by Gasteiger charge is 2.67. The van der Waals surface area contributed by atoms with Crippen molar-refractivity contribution in [2.24, 2.45) is 5.92 Å². The van der Waals surface area contributed by atoms with Crippen molar-refractivity contribution in [2.75, 3.05) is 5.32 Å². The molecule has 1 fully saturated rings. The quantitative estimate of drug-likeness (QED) is 0.280. The van der Waals surface area contributed by atoms with Crippen molar-refractivity contribution in [2.45, 2.75) is 43.0 Å². The van der Waals surface area contributed by atoms with Crippen LogP contribution in [0.15, 0.2) is 60.7 Å². The van der Waals surface area contributed by atoms with Crippen LogP contribution >= 0.6 is 58.0 Å². The fraction of sp³-hybridized carbons (Fsp3) is 0.286. The van der Waals surface area contributed by atoms with E-state index in [9.17, 15) is 9.59 Å². The van der Waals surface area contributed by atoms with Gasteiger partial charge in [0.05, 0.1) is 16.5 Å². The Morgan fingerprint density at radius 2 is 1.51 bits per heavy atom. The van der Waals surface area contributed by atoms with Gasteiger partial charge in [0.25, 0.3) is 5.91 Å². The summed E-state index contributed by atoms with van der Waals surface area (Å²) in [6.07, 6.45) is 0. The molecule has 1 saturated carbocycles. The van der Waals surface area contributed by atoms with E-state index in [0.29, 0.717) is 27.8 Å². The maximum absolute atomic E-state index is 13.0. The second-order valence-corrected chi connectivity index (χ2v) is 12.9. The van der Waals surface area contributed by atoms with Gasteiger partial charge in [-0.1, -0.05) is 79.8 Å². The van der Waals surface area contributed by atoms with Gasteiger partial charge in [-0.25, -0.2) is 0 Å². The lowest BCUT2D eigenvalue weighted by Gasteiger charge is -2.19. The molecule has 1 aliphatic carbocycles. The van der Waals surface area contributed by atoms with Crippen molar-refractivity contribution in [3.63, 3.8) is 0 Å². The Morgan fingerprint density at radius 3 is 2.11 bits per heavy atom. The highest BCUT2D eigenvalue weighted by atomic mass is 35.5. The molecule has 1 aliphatic rings. The van der Waals surface area contributed by atoms with E-state index in [4.69, 9.17) is 58.0 Å². The Morgan fingerprint density at radius 1 is 0.892 bits per heavy atom. The number of carbonyl (C=O) groups is 2. The Hall–Kier alpha value is -1.95. The predicted molar refractivity (Wildman–Crippen MR) is 154 cm³/mol. The van der Waals surface area contributed by atoms with Crippen molar-refractivity contribution < 1.29 is 9.59 Å². The molecule has 0 bridgehead atoms. The molecule has 3 aromatic carbocycles. The van der Waals surface area contributed by atoms with Crippen LogP contribution in [0.2, 0.25) is 15.1 Å². The molecular formula is C28H25Cl5N2O2. The van der Waals surface area contributed by atoms with Crippen LogP contribution in [0.4, 0.5) is 5.69 Å². The highest BCUT2D eigenvalue weighted by Crippen LogP contribution is 2.65. The van der Waals surface area contributed by atoms with Gasteiger partial charge in [-0.05, 0) is 58.5 Å². The molecule has 3 aromatic rings. The molecule has 0 heterocycles. The van der Waals surface area contributed by atoms with E-state index < -0.39 is 22.1 Å². The van der Waals surface area contributed by atoms with Crippen LogP contribution in [0.1, 0.15) is 53.7 Å². The fourth-order valence-corrected chi connectivity index (χ4v) is 5.79. The van der Waals surface area contributed by atoms with E-state index in [-0.39, 0.29) is 21.9 Å². The second kappa shape index (κ2) is 10.7. The minimum Gasteiger partial charge on any atom is -0.348 e. The predicted octanol–water partition coefficient (Wildman–Crippen LogP) is 8.40. The Bertz CT molecular complexity index is 1330. The lowest BCUT2D eigenvalue weighted by molar-refractivity contribution is -0.117. The summed E-state index contributed by atoms with van der Waals surface area (Å²) >= 11 is 31.4. The van der Waals surface area contributed by atoms with Crippen molar-refractivity contribution in [3.05, 3.63) is 98.0 Å². The zero-order chi connectivity index (χ0) is 27.1. The topological polar surface area (TPSA) is 58.2 Å². The molecule has 37 heavy (non-hydrogen) atoms. The number of hydrogen-bond donors (Lipinski definition) is 2. The van der Waals surface area contributed by atoms with Crippen molar-refractivity contribution in [1.29, 1.82) is 0 Å². The van der Waals surface area contributed by atoms with E-state index >= 15 is 0 Å². The van der Waals surface area contributed by atoms with E-state index in [2.05, 4.69) is 43.5 Å². The number of hydrogen-bond acceptors (Lipinski definition) is 2. The van der Waals surface area contributed by atoms with E-state index in [1.807, 2.05) is 12.1 Å². The third kappa shape index (κ3) is 6.38. The van der Waals surface area contributed by atoms with Crippen LogP contribution < -0.4 is 10.6 Å². The molecule has 4 rings (SSSR count). The molecule has 0 spiro atoms. The van der Waals surface area contributed by atoms with Crippen LogP contribution in [-0.4, -0.2) is 16.1 Å². The highest BCUT2D eigenvalue weighted by molar-refractivity contribution is 6.53. The number of rotatable bonds is 6. The second-order valence-electron chi connectivity index (χ2n) is 10.1. The van der Waals surface area contributed by atoms with E-state index in [1.165, 1.54) is 11.6 Å². The van der Waals surface area contributed by atoms with E-state index in [0.717, 1.165) is 5.56 Å². The summed E-state index contributed by atoms with van der Waals surface area (Å²) in [5, 5.41) is 6.79. The first-order chi connectivity index (χ1) is 17.3. The zero-order valence-electron chi connectivity index (χ0n) is 20.3. The van der Waals surface area contributed by atoms with Crippen LogP contribution in [0.25, 0.3) is 0 Å². The van der Waals surface area contributed by atoms with Crippen LogP contribution in [-0.2, 0) is 16.8 Å². The first kappa shape index (κ1) is 28.1. The summed E-state index contributed by atoms with van der Waals surface area (Å²) in [6, 6.07) is 17.7. The summed E-state index contributed by atoms with van der Waals surface area (Å²) in [4.78, 5) is 25.9. The van der Waals surface area contributed by atoms with Crippen molar-refractivity contribution in [3.8, 4) is 0 Å². The number of carbonyl (C=O) groups excluding carboxylic acids is 2. The zero-order valence-corrected chi connectivity index (χ0v) is 24.1. The molecule has 2 amide bonds. The summed E-state index contributed by atoms with van der Waals surface area (Å²) < 4.78 is -1.31. The molecule has 0 aliphatic heterocycles. The molecule has 0 aromatic heterocycles. The largest absolute Gasteiger partial charge is 0.348 e. The molecule has 0 radical (unpaired) electrons. The van der Waals surface area contributed by atoms with Gasteiger partial charge in [0.1, 0.15) is 4.33 Å². The molecule has 2 atom stereocenters. The Kier molecular flexibility index (Phi) is 8.09. The normalized spacial score (nSPS) is 18.3. The average molecular weight is 599 g/mol. The summed E-state index contributed by atoms with van der Waals surface area (Å²) in [7, 11) is 0. The van der Waals surface area contributed by atoms with Gasteiger partial charge in [0.15, 0.2) is 0 Å². The number of benzene rings is 3. The Balaban J connectivity index is 1.43. The molecule has 0 saturated heterocycles. The van der Waals surface area contributed by atoms with Crippen LogP contribution in [0, 0.1) is 5.92 Å².